The highest BCUT2D eigenvalue weighted by molar-refractivity contribution is 14.1. The molecular formula is C12H21IO. The van der Waals surface area contributed by atoms with Gasteiger partial charge in [0.1, 0.15) is 0 Å². The first-order valence-electron chi connectivity index (χ1n) is 6.03. The van der Waals surface area contributed by atoms with Gasteiger partial charge in [0.15, 0.2) is 0 Å². The molecule has 0 spiro atoms. The molecule has 2 saturated carbocycles. The molecule has 2 heteroatoms. The summed E-state index contributed by atoms with van der Waals surface area (Å²) in [5.41, 5.74) is 0. The van der Waals surface area contributed by atoms with Gasteiger partial charge in [0.05, 0.1) is 6.10 Å². The maximum absolute atomic E-state index is 6.03. The van der Waals surface area contributed by atoms with E-state index in [1.165, 1.54) is 38.5 Å². The van der Waals surface area contributed by atoms with E-state index in [4.69, 9.17) is 4.74 Å². The number of rotatable bonds is 4. The second-order valence-electron chi connectivity index (χ2n) is 4.99. The molecule has 0 aromatic rings. The standard InChI is InChI=1S/C12H21IO/c1-9(10-4-2-5-10)8-14-12-7-3-6-11(12)13/h9-12H,2-8H2,1H3. The summed E-state index contributed by atoms with van der Waals surface area (Å²) in [6, 6.07) is 0. The van der Waals surface area contributed by atoms with Crippen LogP contribution in [0.3, 0.4) is 0 Å². The molecule has 0 aromatic heterocycles. The van der Waals surface area contributed by atoms with Crippen molar-refractivity contribution in [2.24, 2.45) is 11.8 Å². The molecule has 2 aliphatic rings. The lowest BCUT2D eigenvalue weighted by molar-refractivity contribution is 0.0166. The van der Waals surface area contributed by atoms with E-state index < -0.39 is 0 Å². The zero-order valence-corrected chi connectivity index (χ0v) is 11.2. The summed E-state index contributed by atoms with van der Waals surface area (Å²) in [4.78, 5) is 0. The van der Waals surface area contributed by atoms with Gasteiger partial charge in [-0.3, -0.25) is 0 Å². The fourth-order valence-corrected chi connectivity index (χ4v) is 3.50. The fraction of sp³-hybridized carbons (Fsp3) is 1.00. The van der Waals surface area contributed by atoms with Gasteiger partial charge < -0.3 is 4.74 Å². The van der Waals surface area contributed by atoms with E-state index in [0.29, 0.717) is 6.10 Å². The summed E-state index contributed by atoms with van der Waals surface area (Å²) in [5.74, 6) is 1.78. The van der Waals surface area contributed by atoms with Crippen molar-refractivity contribution >= 4 is 22.6 Å². The second kappa shape index (κ2) is 5.15. The Labute approximate surface area is 101 Å². The number of ether oxygens (including phenoxy) is 1. The van der Waals surface area contributed by atoms with Crippen molar-refractivity contribution in [3.05, 3.63) is 0 Å². The van der Waals surface area contributed by atoms with Crippen LogP contribution >= 0.6 is 22.6 Å². The predicted octanol–water partition coefficient (Wildman–Crippen LogP) is 3.80. The van der Waals surface area contributed by atoms with E-state index in [0.717, 1.165) is 22.4 Å². The van der Waals surface area contributed by atoms with Crippen molar-refractivity contribution in [2.45, 2.75) is 55.5 Å². The van der Waals surface area contributed by atoms with Crippen LogP contribution in [0.25, 0.3) is 0 Å². The largest absolute Gasteiger partial charge is 0.377 e. The highest BCUT2D eigenvalue weighted by Crippen LogP contribution is 2.35. The minimum Gasteiger partial charge on any atom is -0.377 e. The third-order valence-electron chi connectivity index (χ3n) is 3.90. The van der Waals surface area contributed by atoms with E-state index in [9.17, 15) is 0 Å². The minimum atomic E-state index is 0.568. The van der Waals surface area contributed by atoms with Crippen LogP contribution in [-0.4, -0.2) is 16.6 Å². The lowest BCUT2D eigenvalue weighted by Crippen LogP contribution is -2.27. The van der Waals surface area contributed by atoms with Gasteiger partial charge in [-0.25, -0.2) is 0 Å². The number of hydrogen-bond acceptors (Lipinski definition) is 1. The van der Waals surface area contributed by atoms with E-state index >= 15 is 0 Å². The molecule has 2 fully saturated rings. The summed E-state index contributed by atoms with van der Waals surface area (Å²) in [6.45, 7) is 3.37. The SMILES string of the molecule is CC(COC1CCCC1I)C1CCC1. The van der Waals surface area contributed by atoms with Gasteiger partial charge in [0, 0.05) is 10.5 Å². The van der Waals surface area contributed by atoms with E-state index in [1.807, 2.05) is 0 Å². The Balaban J connectivity index is 1.65. The number of alkyl halides is 1. The molecule has 0 saturated heterocycles. The van der Waals surface area contributed by atoms with Gasteiger partial charge in [0.2, 0.25) is 0 Å². The van der Waals surface area contributed by atoms with Crippen LogP contribution in [0.1, 0.15) is 45.4 Å². The Kier molecular flexibility index (Phi) is 4.11. The molecular weight excluding hydrogens is 287 g/mol. The monoisotopic (exact) mass is 308 g/mol. The van der Waals surface area contributed by atoms with Gasteiger partial charge in [0.25, 0.3) is 0 Å². The van der Waals surface area contributed by atoms with Gasteiger partial charge in [-0.2, -0.15) is 0 Å². The molecule has 0 bridgehead atoms. The fourth-order valence-electron chi connectivity index (χ4n) is 2.49. The third-order valence-corrected chi connectivity index (χ3v) is 5.32. The van der Waals surface area contributed by atoms with Gasteiger partial charge >= 0.3 is 0 Å². The Morgan fingerprint density at radius 1 is 1.21 bits per heavy atom. The van der Waals surface area contributed by atoms with Crippen LogP contribution < -0.4 is 0 Å². The number of hydrogen-bond donors (Lipinski definition) is 0. The Hall–Kier alpha value is 0.690. The highest BCUT2D eigenvalue weighted by Gasteiger charge is 2.28. The summed E-state index contributed by atoms with van der Waals surface area (Å²) < 4.78 is 6.81. The molecule has 2 aliphatic carbocycles. The average molecular weight is 308 g/mol. The lowest BCUT2D eigenvalue weighted by Gasteiger charge is -2.32. The van der Waals surface area contributed by atoms with E-state index in [2.05, 4.69) is 29.5 Å². The quantitative estimate of drug-likeness (QED) is 0.567. The maximum atomic E-state index is 6.03. The topological polar surface area (TPSA) is 9.23 Å². The minimum absolute atomic E-state index is 0.568. The van der Waals surface area contributed by atoms with Crippen LogP contribution in [0.15, 0.2) is 0 Å². The Bertz CT molecular complexity index is 179. The second-order valence-corrected chi connectivity index (χ2v) is 6.59. The van der Waals surface area contributed by atoms with Crippen LogP contribution in [0.2, 0.25) is 0 Å². The molecule has 0 amide bonds. The van der Waals surface area contributed by atoms with Crippen molar-refractivity contribution in [2.75, 3.05) is 6.61 Å². The highest BCUT2D eigenvalue weighted by atomic mass is 127. The first-order valence-corrected chi connectivity index (χ1v) is 7.27. The Morgan fingerprint density at radius 3 is 2.43 bits per heavy atom. The van der Waals surface area contributed by atoms with Crippen LogP contribution in [0.5, 0.6) is 0 Å². The van der Waals surface area contributed by atoms with Gasteiger partial charge in [-0.15, -0.1) is 0 Å². The van der Waals surface area contributed by atoms with Crippen molar-refractivity contribution < 1.29 is 4.74 Å². The molecule has 1 nitrogen and oxygen atoms in total. The van der Waals surface area contributed by atoms with Gasteiger partial charge in [-0.1, -0.05) is 48.8 Å². The molecule has 0 aromatic carbocycles. The lowest BCUT2D eigenvalue weighted by atomic mass is 9.77. The molecule has 14 heavy (non-hydrogen) atoms. The first kappa shape index (κ1) is 11.2. The van der Waals surface area contributed by atoms with Crippen LogP contribution in [0, 0.1) is 11.8 Å². The normalized spacial score (nSPS) is 35.6. The molecule has 0 N–H and O–H groups in total. The number of halogens is 1. The zero-order chi connectivity index (χ0) is 9.97. The molecule has 2 rings (SSSR count). The molecule has 3 unspecified atom stereocenters. The molecule has 3 atom stereocenters. The van der Waals surface area contributed by atoms with Crippen molar-refractivity contribution in [1.82, 2.24) is 0 Å². The van der Waals surface area contributed by atoms with E-state index in [-0.39, 0.29) is 0 Å². The van der Waals surface area contributed by atoms with Crippen molar-refractivity contribution in [1.29, 1.82) is 0 Å². The smallest absolute Gasteiger partial charge is 0.0692 e. The van der Waals surface area contributed by atoms with Crippen LogP contribution in [0.4, 0.5) is 0 Å². The molecule has 0 heterocycles. The van der Waals surface area contributed by atoms with Crippen molar-refractivity contribution in [3.8, 4) is 0 Å². The predicted molar refractivity (Wildman–Crippen MR) is 67.9 cm³/mol. The van der Waals surface area contributed by atoms with Gasteiger partial charge in [-0.05, 0) is 31.1 Å². The average Bonchev–Trinajstić information content (AvgIpc) is 2.44. The Morgan fingerprint density at radius 2 is 1.93 bits per heavy atom. The summed E-state index contributed by atoms with van der Waals surface area (Å²) in [7, 11) is 0. The molecule has 0 aliphatic heterocycles. The summed E-state index contributed by atoms with van der Waals surface area (Å²) in [6.07, 6.45) is 8.95. The summed E-state index contributed by atoms with van der Waals surface area (Å²) >= 11 is 2.56. The summed E-state index contributed by atoms with van der Waals surface area (Å²) in [5, 5.41) is 0. The molecule has 0 radical (unpaired) electrons. The van der Waals surface area contributed by atoms with Crippen LogP contribution in [-0.2, 0) is 4.74 Å². The first-order chi connectivity index (χ1) is 6.77. The molecule has 82 valence electrons. The maximum Gasteiger partial charge on any atom is 0.0692 e. The van der Waals surface area contributed by atoms with E-state index in [1.54, 1.807) is 0 Å². The third kappa shape index (κ3) is 2.63. The zero-order valence-electron chi connectivity index (χ0n) is 9.05. The van der Waals surface area contributed by atoms with Crippen molar-refractivity contribution in [3.63, 3.8) is 0 Å².